The predicted molar refractivity (Wildman–Crippen MR) is 67.6 cm³/mol. The number of benzene rings is 1. The molecule has 1 aromatic heterocycles. The molecule has 0 aliphatic heterocycles. The molecule has 1 aromatic carbocycles. The Bertz CT molecular complexity index is 560. The lowest BCUT2D eigenvalue weighted by Crippen LogP contribution is -2.11. The average Bonchev–Trinajstić information content (AvgIpc) is 2.69. The quantitative estimate of drug-likeness (QED) is 0.880. The first-order valence-electron chi connectivity index (χ1n) is 5.20. The van der Waals surface area contributed by atoms with E-state index in [1.165, 1.54) is 0 Å². The van der Waals surface area contributed by atoms with E-state index < -0.39 is 0 Å². The Morgan fingerprint density at radius 3 is 2.59 bits per heavy atom. The highest BCUT2D eigenvalue weighted by molar-refractivity contribution is 6.30. The van der Waals surface area contributed by atoms with Gasteiger partial charge in [-0.05, 0) is 49.7 Å². The summed E-state index contributed by atoms with van der Waals surface area (Å²) in [6.07, 6.45) is 0. The Kier molecular flexibility index (Phi) is 3.20. The van der Waals surface area contributed by atoms with Gasteiger partial charge in [-0.15, -0.1) is 0 Å². The Morgan fingerprint density at radius 2 is 2.00 bits per heavy atom. The number of nitrogens with one attached hydrogen (secondary N) is 1. The van der Waals surface area contributed by atoms with Gasteiger partial charge in [-0.3, -0.25) is 4.79 Å². The number of rotatable bonds is 2. The molecule has 0 spiro atoms. The highest BCUT2D eigenvalue weighted by Crippen LogP contribution is 2.20. The molecule has 0 saturated carbocycles. The van der Waals surface area contributed by atoms with Crippen LogP contribution in [0.15, 0.2) is 34.7 Å². The van der Waals surface area contributed by atoms with E-state index in [2.05, 4.69) is 5.32 Å². The van der Waals surface area contributed by atoms with Crippen LogP contribution in [-0.4, -0.2) is 5.91 Å². The molecular formula is C13H12ClNO2. The summed E-state index contributed by atoms with van der Waals surface area (Å²) in [7, 11) is 0. The smallest absolute Gasteiger partial charge is 0.291 e. The summed E-state index contributed by atoms with van der Waals surface area (Å²) in [5.74, 6) is 0.753. The molecule has 0 aliphatic rings. The normalized spacial score (nSPS) is 10.3. The van der Waals surface area contributed by atoms with E-state index in [1.54, 1.807) is 37.3 Å². The van der Waals surface area contributed by atoms with Gasteiger partial charge in [0.15, 0.2) is 5.76 Å². The van der Waals surface area contributed by atoms with E-state index in [4.69, 9.17) is 16.0 Å². The lowest BCUT2D eigenvalue weighted by Gasteiger charge is -2.07. The van der Waals surface area contributed by atoms with Gasteiger partial charge in [0.1, 0.15) is 5.76 Å². The summed E-state index contributed by atoms with van der Waals surface area (Å²) in [4.78, 5) is 11.8. The molecule has 0 unspecified atom stereocenters. The first-order valence-corrected chi connectivity index (χ1v) is 5.58. The third-order valence-electron chi connectivity index (χ3n) is 2.40. The molecule has 2 aromatic rings. The van der Waals surface area contributed by atoms with Crippen molar-refractivity contribution in [3.8, 4) is 0 Å². The summed E-state index contributed by atoms with van der Waals surface area (Å²) in [6, 6.07) is 8.70. The minimum atomic E-state index is -0.261. The number of hydrogen-bond acceptors (Lipinski definition) is 2. The van der Waals surface area contributed by atoms with E-state index in [9.17, 15) is 4.79 Å². The standard InChI is InChI=1S/C13H12ClNO2/c1-8-7-10(14)4-5-11(8)15-13(16)12-6-3-9(2)17-12/h3-7H,1-2H3,(H,15,16). The lowest BCUT2D eigenvalue weighted by atomic mass is 10.2. The molecule has 0 bridgehead atoms. The summed E-state index contributed by atoms with van der Waals surface area (Å²) in [6.45, 7) is 3.68. The number of carbonyl (C=O) groups is 1. The zero-order valence-electron chi connectivity index (χ0n) is 9.58. The van der Waals surface area contributed by atoms with Gasteiger partial charge < -0.3 is 9.73 Å². The van der Waals surface area contributed by atoms with Crippen LogP contribution in [0, 0.1) is 13.8 Å². The second kappa shape index (κ2) is 4.63. The summed E-state index contributed by atoms with van der Waals surface area (Å²) >= 11 is 5.84. The molecule has 4 heteroatoms. The van der Waals surface area contributed by atoms with Crippen LogP contribution >= 0.6 is 11.6 Å². The van der Waals surface area contributed by atoms with Gasteiger partial charge in [-0.25, -0.2) is 0 Å². The van der Waals surface area contributed by atoms with Crippen LogP contribution in [0.2, 0.25) is 5.02 Å². The Balaban J connectivity index is 2.18. The van der Waals surface area contributed by atoms with E-state index in [0.29, 0.717) is 16.5 Å². The fourth-order valence-electron chi connectivity index (χ4n) is 1.51. The fourth-order valence-corrected chi connectivity index (χ4v) is 1.73. The summed E-state index contributed by atoms with van der Waals surface area (Å²) in [5.41, 5.74) is 1.64. The van der Waals surface area contributed by atoms with Gasteiger partial charge in [-0.2, -0.15) is 0 Å². The minimum absolute atomic E-state index is 0.261. The molecule has 0 atom stereocenters. The maximum atomic E-state index is 11.8. The van der Waals surface area contributed by atoms with Crippen molar-refractivity contribution in [2.75, 3.05) is 5.32 Å². The SMILES string of the molecule is Cc1ccc(C(=O)Nc2ccc(Cl)cc2C)o1. The molecule has 88 valence electrons. The molecule has 0 saturated heterocycles. The first kappa shape index (κ1) is 11.7. The Morgan fingerprint density at radius 1 is 1.24 bits per heavy atom. The van der Waals surface area contributed by atoms with Gasteiger partial charge in [0, 0.05) is 10.7 Å². The number of hydrogen-bond donors (Lipinski definition) is 1. The Hall–Kier alpha value is -1.74. The Labute approximate surface area is 104 Å². The van der Waals surface area contributed by atoms with Crippen LogP contribution in [0.4, 0.5) is 5.69 Å². The van der Waals surface area contributed by atoms with Crippen LogP contribution in [0.3, 0.4) is 0 Å². The van der Waals surface area contributed by atoms with Crippen molar-refractivity contribution < 1.29 is 9.21 Å². The van der Waals surface area contributed by atoms with Crippen molar-refractivity contribution in [3.05, 3.63) is 52.4 Å². The van der Waals surface area contributed by atoms with Crippen molar-refractivity contribution in [2.24, 2.45) is 0 Å². The van der Waals surface area contributed by atoms with Crippen LogP contribution in [0.5, 0.6) is 0 Å². The number of halogens is 1. The van der Waals surface area contributed by atoms with Gasteiger partial charge in [0.25, 0.3) is 5.91 Å². The van der Waals surface area contributed by atoms with Crippen molar-refractivity contribution >= 4 is 23.2 Å². The second-order valence-corrected chi connectivity index (χ2v) is 4.26. The van der Waals surface area contributed by atoms with Crippen molar-refractivity contribution in [1.82, 2.24) is 0 Å². The molecule has 1 heterocycles. The molecular weight excluding hydrogens is 238 g/mol. The molecule has 0 aliphatic carbocycles. The molecule has 3 nitrogen and oxygen atoms in total. The topological polar surface area (TPSA) is 42.2 Å². The monoisotopic (exact) mass is 249 g/mol. The number of anilines is 1. The van der Waals surface area contributed by atoms with E-state index in [-0.39, 0.29) is 5.91 Å². The zero-order valence-corrected chi connectivity index (χ0v) is 10.3. The molecule has 0 radical (unpaired) electrons. The highest BCUT2D eigenvalue weighted by atomic mass is 35.5. The van der Waals surface area contributed by atoms with Crippen LogP contribution in [0.25, 0.3) is 0 Å². The van der Waals surface area contributed by atoms with E-state index in [0.717, 1.165) is 11.3 Å². The zero-order chi connectivity index (χ0) is 12.4. The molecule has 1 amide bonds. The molecule has 2 rings (SSSR count). The highest BCUT2D eigenvalue weighted by Gasteiger charge is 2.11. The van der Waals surface area contributed by atoms with Crippen LogP contribution in [-0.2, 0) is 0 Å². The van der Waals surface area contributed by atoms with E-state index in [1.807, 2.05) is 6.92 Å². The average molecular weight is 250 g/mol. The first-order chi connectivity index (χ1) is 8.06. The van der Waals surface area contributed by atoms with Crippen molar-refractivity contribution in [2.45, 2.75) is 13.8 Å². The third kappa shape index (κ3) is 2.68. The number of aryl methyl sites for hydroxylation is 2. The number of carbonyl (C=O) groups excluding carboxylic acids is 1. The minimum Gasteiger partial charge on any atom is -0.456 e. The lowest BCUT2D eigenvalue weighted by molar-refractivity contribution is 0.0995. The number of amides is 1. The maximum absolute atomic E-state index is 11.8. The largest absolute Gasteiger partial charge is 0.456 e. The van der Waals surface area contributed by atoms with Gasteiger partial charge in [0.05, 0.1) is 0 Å². The molecule has 1 N–H and O–H groups in total. The van der Waals surface area contributed by atoms with E-state index >= 15 is 0 Å². The van der Waals surface area contributed by atoms with Crippen molar-refractivity contribution in [1.29, 1.82) is 0 Å². The fraction of sp³-hybridized carbons (Fsp3) is 0.154. The van der Waals surface area contributed by atoms with Crippen LogP contribution in [0.1, 0.15) is 21.9 Å². The molecule has 0 fully saturated rings. The van der Waals surface area contributed by atoms with Gasteiger partial charge in [0.2, 0.25) is 0 Å². The summed E-state index contributed by atoms with van der Waals surface area (Å²) in [5, 5.41) is 3.42. The second-order valence-electron chi connectivity index (χ2n) is 3.82. The predicted octanol–water partition coefficient (Wildman–Crippen LogP) is 3.80. The summed E-state index contributed by atoms with van der Waals surface area (Å²) < 4.78 is 5.24. The van der Waals surface area contributed by atoms with Crippen LogP contribution < -0.4 is 5.32 Å². The van der Waals surface area contributed by atoms with Gasteiger partial charge in [-0.1, -0.05) is 11.6 Å². The maximum Gasteiger partial charge on any atom is 0.291 e. The third-order valence-corrected chi connectivity index (χ3v) is 2.64. The number of furan rings is 1. The van der Waals surface area contributed by atoms with Gasteiger partial charge >= 0.3 is 0 Å². The molecule has 17 heavy (non-hydrogen) atoms. The van der Waals surface area contributed by atoms with Crippen molar-refractivity contribution in [3.63, 3.8) is 0 Å².